The number of nitrogens with zero attached hydrogens (tertiary/aromatic N) is 3. The van der Waals surface area contributed by atoms with Crippen molar-refractivity contribution in [2.75, 3.05) is 17.7 Å². The molecule has 0 aliphatic rings. The third kappa shape index (κ3) is 5.86. The minimum absolute atomic E-state index is 0.0701. The number of rotatable bonds is 7. The lowest BCUT2D eigenvalue weighted by Crippen LogP contribution is -2.20. The van der Waals surface area contributed by atoms with Crippen LogP contribution in [0.5, 0.6) is 5.75 Å². The fraction of sp³-hybridized carbons (Fsp3) is 0.120. The van der Waals surface area contributed by atoms with Gasteiger partial charge in [-0.1, -0.05) is 12.1 Å². The Morgan fingerprint density at radius 2 is 1.84 bits per heavy atom. The van der Waals surface area contributed by atoms with Crippen LogP contribution >= 0.6 is 0 Å². The lowest BCUT2D eigenvalue weighted by Gasteiger charge is -2.15. The number of nitrogens with one attached hydrogen (secondary N) is 2. The van der Waals surface area contributed by atoms with Gasteiger partial charge in [-0.05, 0) is 48.0 Å². The molecule has 0 spiro atoms. The molecule has 2 amide bonds. The predicted molar refractivity (Wildman–Crippen MR) is 129 cm³/mol. The molecule has 0 atom stereocenters. The average molecular weight is 511 g/mol. The van der Waals surface area contributed by atoms with Gasteiger partial charge in [0, 0.05) is 30.8 Å². The van der Waals surface area contributed by atoms with Crippen molar-refractivity contribution in [2.24, 2.45) is 0 Å². The number of carboxylic acids is 1. The van der Waals surface area contributed by atoms with E-state index in [4.69, 9.17) is 4.74 Å². The van der Waals surface area contributed by atoms with E-state index in [1.807, 2.05) is 0 Å². The standard InChI is InChI=1S/C25H20F3N5O4/c1-37-20-8-7-16(25(26,27)28)13-19(20)32-24(36)31-17-5-2-4-15(12-17)14-33-11-10-30-22(33)18-6-3-9-29-21(18)23(34)35/h2-13H,14H2,1H3,(H,34,35)(H2,31,32,36). The molecule has 0 unspecified atom stereocenters. The highest BCUT2D eigenvalue weighted by molar-refractivity contribution is 6.00. The second kappa shape index (κ2) is 10.4. The van der Waals surface area contributed by atoms with Gasteiger partial charge in [0.2, 0.25) is 0 Å². The summed E-state index contributed by atoms with van der Waals surface area (Å²) in [5, 5.41) is 14.4. The van der Waals surface area contributed by atoms with Crippen LogP contribution in [0, 0.1) is 0 Å². The van der Waals surface area contributed by atoms with Gasteiger partial charge in [-0.25, -0.2) is 19.6 Å². The Morgan fingerprint density at radius 3 is 2.57 bits per heavy atom. The first-order chi connectivity index (χ1) is 17.7. The molecule has 2 aromatic heterocycles. The lowest BCUT2D eigenvalue weighted by molar-refractivity contribution is -0.137. The number of aromatic nitrogens is 3. The first kappa shape index (κ1) is 25.2. The number of carbonyl (C=O) groups is 2. The molecular formula is C25H20F3N5O4. The zero-order valence-corrected chi connectivity index (χ0v) is 19.3. The van der Waals surface area contributed by atoms with Crippen LogP contribution in [0.2, 0.25) is 0 Å². The van der Waals surface area contributed by atoms with Crippen molar-refractivity contribution in [3.05, 3.63) is 90.0 Å². The number of benzene rings is 2. The van der Waals surface area contributed by atoms with E-state index in [2.05, 4.69) is 20.6 Å². The SMILES string of the molecule is COc1ccc(C(F)(F)F)cc1NC(=O)Nc1cccc(Cn2ccnc2-c2cccnc2C(=O)O)c1. The Morgan fingerprint density at radius 1 is 1.03 bits per heavy atom. The molecular weight excluding hydrogens is 491 g/mol. The molecule has 0 aliphatic carbocycles. The van der Waals surface area contributed by atoms with Gasteiger partial charge in [0.25, 0.3) is 0 Å². The van der Waals surface area contributed by atoms with Crippen LogP contribution in [-0.4, -0.2) is 38.8 Å². The van der Waals surface area contributed by atoms with Crippen molar-refractivity contribution in [2.45, 2.75) is 12.7 Å². The number of alkyl halides is 3. The molecule has 0 radical (unpaired) electrons. The third-order valence-corrected chi connectivity index (χ3v) is 5.28. The van der Waals surface area contributed by atoms with Crippen molar-refractivity contribution in [3.8, 4) is 17.1 Å². The molecule has 0 aliphatic heterocycles. The van der Waals surface area contributed by atoms with Crippen molar-refractivity contribution >= 4 is 23.4 Å². The van der Waals surface area contributed by atoms with E-state index in [1.54, 1.807) is 47.2 Å². The Kier molecular flexibility index (Phi) is 7.09. The van der Waals surface area contributed by atoms with Crippen molar-refractivity contribution in [1.82, 2.24) is 14.5 Å². The molecule has 0 bridgehead atoms. The Hall–Kier alpha value is -4.87. The van der Waals surface area contributed by atoms with Crippen LogP contribution in [0.25, 0.3) is 11.4 Å². The fourth-order valence-corrected chi connectivity index (χ4v) is 3.65. The first-order valence-electron chi connectivity index (χ1n) is 10.8. The van der Waals surface area contributed by atoms with Gasteiger partial charge >= 0.3 is 18.2 Å². The van der Waals surface area contributed by atoms with Crippen molar-refractivity contribution < 1.29 is 32.6 Å². The van der Waals surface area contributed by atoms with Gasteiger partial charge in [-0.2, -0.15) is 13.2 Å². The molecule has 2 heterocycles. The van der Waals surface area contributed by atoms with Gasteiger partial charge in [-0.15, -0.1) is 0 Å². The van der Waals surface area contributed by atoms with E-state index in [1.165, 1.54) is 19.5 Å². The summed E-state index contributed by atoms with van der Waals surface area (Å²) in [6.45, 7) is 0.294. The summed E-state index contributed by atoms with van der Waals surface area (Å²) in [7, 11) is 1.28. The largest absolute Gasteiger partial charge is 0.495 e. The highest BCUT2D eigenvalue weighted by Gasteiger charge is 2.31. The second-order valence-electron chi connectivity index (χ2n) is 7.78. The molecule has 4 rings (SSSR count). The van der Waals surface area contributed by atoms with Gasteiger partial charge in [0.15, 0.2) is 5.69 Å². The molecule has 190 valence electrons. The Balaban J connectivity index is 1.51. The first-order valence-corrected chi connectivity index (χ1v) is 10.8. The quantitative estimate of drug-likeness (QED) is 0.307. The normalized spacial score (nSPS) is 11.1. The maximum Gasteiger partial charge on any atom is 0.416 e. The number of pyridine rings is 1. The van der Waals surface area contributed by atoms with E-state index in [0.29, 0.717) is 23.6 Å². The zero-order valence-electron chi connectivity index (χ0n) is 19.3. The number of halogens is 3. The molecule has 4 aromatic rings. The monoisotopic (exact) mass is 511 g/mol. The minimum atomic E-state index is -4.58. The number of hydrogen-bond acceptors (Lipinski definition) is 5. The fourth-order valence-electron chi connectivity index (χ4n) is 3.65. The summed E-state index contributed by atoms with van der Waals surface area (Å²) in [4.78, 5) is 32.3. The summed E-state index contributed by atoms with van der Waals surface area (Å²) in [6.07, 6.45) is 0.0166. The summed E-state index contributed by atoms with van der Waals surface area (Å²) < 4.78 is 46.0. The highest BCUT2D eigenvalue weighted by atomic mass is 19.4. The lowest BCUT2D eigenvalue weighted by atomic mass is 10.1. The summed E-state index contributed by atoms with van der Waals surface area (Å²) in [5.41, 5.74) is 0.279. The summed E-state index contributed by atoms with van der Waals surface area (Å²) in [6, 6.07) is 12.0. The van der Waals surface area contributed by atoms with E-state index >= 15 is 0 Å². The van der Waals surface area contributed by atoms with Gasteiger partial charge in [-0.3, -0.25) is 0 Å². The van der Waals surface area contributed by atoms with Crippen LogP contribution in [0.1, 0.15) is 21.6 Å². The van der Waals surface area contributed by atoms with Crippen LogP contribution in [-0.2, 0) is 12.7 Å². The number of carbonyl (C=O) groups excluding carboxylic acids is 1. The molecule has 12 heteroatoms. The molecule has 3 N–H and O–H groups in total. The Labute approximate surface area is 208 Å². The maximum absolute atomic E-state index is 13.1. The molecule has 2 aromatic carbocycles. The van der Waals surface area contributed by atoms with Gasteiger partial charge in [0.05, 0.1) is 23.9 Å². The van der Waals surface area contributed by atoms with Crippen LogP contribution in [0.15, 0.2) is 73.2 Å². The van der Waals surface area contributed by atoms with Gasteiger partial charge in [0.1, 0.15) is 11.6 Å². The molecule has 0 fully saturated rings. The number of amides is 2. The van der Waals surface area contributed by atoms with Gasteiger partial charge < -0.3 is 25.0 Å². The number of urea groups is 1. The van der Waals surface area contributed by atoms with Crippen molar-refractivity contribution in [3.63, 3.8) is 0 Å². The molecule has 37 heavy (non-hydrogen) atoms. The van der Waals surface area contributed by atoms with Crippen LogP contribution in [0.3, 0.4) is 0 Å². The van der Waals surface area contributed by atoms with Crippen LogP contribution in [0.4, 0.5) is 29.3 Å². The number of ether oxygens (including phenoxy) is 1. The number of carboxylic acid groups (broad SMARTS) is 1. The topological polar surface area (TPSA) is 118 Å². The van der Waals surface area contributed by atoms with E-state index in [0.717, 1.165) is 23.8 Å². The molecule has 0 saturated heterocycles. The number of anilines is 2. The average Bonchev–Trinajstić information content (AvgIpc) is 3.31. The van der Waals surface area contributed by atoms with E-state index in [9.17, 15) is 27.9 Å². The number of aromatic carboxylic acids is 1. The maximum atomic E-state index is 13.1. The smallest absolute Gasteiger partial charge is 0.416 e. The number of hydrogen-bond donors (Lipinski definition) is 3. The second-order valence-corrected chi connectivity index (χ2v) is 7.78. The highest BCUT2D eigenvalue weighted by Crippen LogP contribution is 2.35. The number of imidazole rings is 1. The van der Waals surface area contributed by atoms with Crippen LogP contribution < -0.4 is 15.4 Å². The molecule has 9 nitrogen and oxygen atoms in total. The van der Waals surface area contributed by atoms with Crippen molar-refractivity contribution in [1.29, 1.82) is 0 Å². The summed E-state index contributed by atoms with van der Waals surface area (Å²) in [5.74, 6) is -0.710. The zero-order chi connectivity index (χ0) is 26.6. The Bertz CT molecular complexity index is 1450. The van der Waals surface area contributed by atoms with E-state index < -0.39 is 23.7 Å². The van der Waals surface area contributed by atoms with E-state index in [-0.39, 0.29) is 17.1 Å². The minimum Gasteiger partial charge on any atom is -0.495 e. The summed E-state index contributed by atoms with van der Waals surface area (Å²) >= 11 is 0. The molecule has 0 saturated carbocycles. The third-order valence-electron chi connectivity index (χ3n) is 5.28. The number of methoxy groups -OCH3 is 1. The predicted octanol–water partition coefficient (Wildman–Crippen LogP) is 5.36.